The van der Waals surface area contributed by atoms with Gasteiger partial charge in [0.05, 0.1) is 15.5 Å². The number of hydrogen-bond donors (Lipinski definition) is 1. The third kappa shape index (κ3) is 2.98. The summed E-state index contributed by atoms with van der Waals surface area (Å²) in [7, 11) is 0. The highest BCUT2D eigenvalue weighted by Gasteiger charge is 2.07. The summed E-state index contributed by atoms with van der Waals surface area (Å²) in [5.41, 5.74) is 6.71. The van der Waals surface area contributed by atoms with E-state index >= 15 is 0 Å². The second kappa shape index (κ2) is 5.06. The standard InChI is InChI=1S/C12H13BrN2OS/c1-7(2)16-10-4-3-8(5-9(10)13)11-6-15-12(14)17-11/h3-7H,1-2H3,(H2,14,15). The molecule has 2 rings (SSSR count). The normalized spacial score (nSPS) is 10.8. The van der Waals surface area contributed by atoms with E-state index in [1.165, 1.54) is 11.3 Å². The summed E-state index contributed by atoms with van der Waals surface area (Å²) < 4.78 is 6.60. The van der Waals surface area contributed by atoms with E-state index in [0.717, 1.165) is 20.7 Å². The van der Waals surface area contributed by atoms with E-state index < -0.39 is 0 Å². The Labute approximate surface area is 113 Å². The molecule has 0 unspecified atom stereocenters. The summed E-state index contributed by atoms with van der Waals surface area (Å²) in [4.78, 5) is 5.10. The Morgan fingerprint density at radius 1 is 1.41 bits per heavy atom. The largest absolute Gasteiger partial charge is 0.490 e. The Hall–Kier alpha value is -1.07. The van der Waals surface area contributed by atoms with Crippen LogP contribution in [-0.2, 0) is 0 Å². The first-order chi connectivity index (χ1) is 8.06. The molecule has 3 nitrogen and oxygen atoms in total. The summed E-state index contributed by atoms with van der Waals surface area (Å²) in [5.74, 6) is 0.848. The SMILES string of the molecule is CC(C)Oc1ccc(-c2cnc(N)s2)cc1Br. The van der Waals surface area contributed by atoms with Gasteiger partial charge in [0.2, 0.25) is 0 Å². The van der Waals surface area contributed by atoms with Gasteiger partial charge in [0.1, 0.15) is 5.75 Å². The van der Waals surface area contributed by atoms with Crippen molar-refractivity contribution in [1.82, 2.24) is 4.98 Å². The minimum atomic E-state index is 0.163. The first-order valence-electron chi connectivity index (χ1n) is 5.24. The van der Waals surface area contributed by atoms with Crippen molar-refractivity contribution >= 4 is 32.4 Å². The molecule has 0 atom stereocenters. The number of hydrogen-bond acceptors (Lipinski definition) is 4. The van der Waals surface area contributed by atoms with Gasteiger partial charge < -0.3 is 10.5 Å². The van der Waals surface area contributed by atoms with Gasteiger partial charge in [-0.25, -0.2) is 4.98 Å². The Morgan fingerprint density at radius 3 is 2.71 bits per heavy atom. The van der Waals surface area contributed by atoms with E-state index in [2.05, 4.69) is 20.9 Å². The van der Waals surface area contributed by atoms with Gasteiger partial charge in [0.15, 0.2) is 5.13 Å². The molecule has 1 aromatic carbocycles. The summed E-state index contributed by atoms with van der Waals surface area (Å²) in [6.45, 7) is 4.01. The van der Waals surface area contributed by atoms with Crippen LogP contribution in [0.25, 0.3) is 10.4 Å². The Kier molecular flexibility index (Phi) is 3.69. The second-order valence-electron chi connectivity index (χ2n) is 3.87. The summed E-state index contributed by atoms with van der Waals surface area (Å²) >= 11 is 4.98. The minimum Gasteiger partial charge on any atom is -0.490 e. The van der Waals surface area contributed by atoms with Gasteiger partial charge in [0, 0.05) is 6.20 Å². The molecule has 17 heavy (non-hydrogen) atoms. The minimum absolute atomic E-state index is 0.163. The van der Waals surface area contributed by atoms with Gasteiger partial charge in [0.25, 0.3) is 0 Å². The summed E-state index contributed by atoms with van der Waals surface area (Å²) in [5, 5.41) is 0.582. The number of nitrogen functional groups attached to an aromatic ring is 1. The molecule has 90 valence electrons. The van der Waals surface area contributed by atoms with Crippen LogP contribution in [0.4, 0.5) is 5.13 Å². The first kappa shape index (κ1) is 12.4. The van der Waals surface area contributed by atoms with E-state index in [-0.39, 0.29) is 6.10 Å². The van der Waals surface area contributed by atoms with Crippen molar-refractivity contribution in [3.05, 3.63) is 28.9 Å². The number of halogens is 1. The zero-order valence-corrected chi connectivity index (χ0v) is 12.0. The topological polar surface area (TPSA) is 48.1 Å². The molecule has 2 N–H and O–H groups in total. The van der Waals surface area contributed by atoms with Crippen molar-refractivity contribution in [2.45, 2.75) is 20.0 Å². The number of rotatable bonds is 3. The Bertz CT molecular complexity index is 525. The van der Waals surface area contributed by atoms with Crippen LogP contribution in [-0.4, -0.2) is 11.1 Å². The Balaban J connectivity index is 2.30. The molecule has 1 heterocycles. The zero-order valence-electron chi connectivity index (χ0n) is 9.61. The van der Waals surface area contributed by atoms with E-state index in [9.17, 15) is 0 Å². The zero-order chi connectivity index (χ0) is 12.4. The average molecular weight is 313 g/mol. The van der Waals surface area contributed by atoms with Crippen molar-refractivity contribution in [3.8, 4) is 16.2 Å². The third-order valence-electron chi connectivity index (χ3n) is 2.10. The van der Waals surface area contributed by atoms with Crippen molar-refractivity contribution < 1.29 is 4.74 Å². The number of thiazole rings is 1. The van der Waals surface area contributed by atoms with Crippen LogP contribution >= 0.6 is 27.3 Å². The molecule has 0 spiro atoms. The van der Waals surface area contributed by atoms with E-state index in [4.69, 9.17) is 10.5 Å². The van der Waals surface area contributed by atoms with Gasteiger partial charge in [-0.15, -0.1) is 0 Å². The molecule has 0 bridgehead atoms. The number of ether oxygens (including phenoxy) is 1. The van der Waals surface area contributed by atoms with Gasteiger partial charge in [-0.1, -0.05) is 11.3 Å². The van der Waals surface area contributed by atoms with Crippen LogP contribution in [0.15, 0.2) is 28.9 Å². The van der Waals surface area contributed by atoms with Gasteiger partial charge >= 0.3 is 0 Å². The molecule has 0 aliphatic carbocycles. The lowest BCUT2D eigenvalue weighted by atomic mass is 10.2. The fraction of sp³-hybridized carbons (Fsp3) is 0.250. The lowest BCUT2D eigenvalue weighted by Crippen LogP contribution is -2.05. The van der Waals surface area contributed by atoms with Gasteiger partial charge in [-0.3, -0.25) is 0 Å². The molecule has 0 aliphatic rings. The van der Waals surface area contributed by atoms with Crippen molar-refractivity contribution in [1.29, 1.82) is 0 Å². The van der Waals surface area contributed by atoms with Crippen LogP contribution in [0.1, 0.15) is 13.8 Å². The maximum atomic E-state index is 5.66. The summed E-state index contributed by atoms with van der Waals surface area (Å²) in [6.07, 6.45) is 1.95. The van der Waals surface area contributed by atoms with Crippen molar-refractivity contribution in [2.75, 3.05) is 5.73 Å². The molecule has 0 saturated heterocycles. The quantitative estimate of drug-likeness (QED) is 0.933. The van der Waals surface area contributed by atoms with Crippen LogP contribution < -0.4 is 10.5 Å². The van der Waals surface area contributed by atoms with Crippen LogP contribution in [0.2, 0.25) is 0 Å². The lowest BCUT2D eigenvalue weighted by molar-refractivity contribution is 0.241. The summed E-state index contributed by atoms with van der Waals surface area (Å²) in [6, 6.07) is 5.98. The van der Waals surface area contributed by atoms with Crippen LogP contribution in [0.3, 0.4) is 0 Å². The van der Waals surface area contributed by atoms with Crippen molar-refractivity contribution in [3.63, 3.8) is 0 Å². The van der Waals surface area contributed by atoms with E-state index in [1.54, 1.807) is 6.20 Å². The van der Waals surface area contributed by atoms with Gasteiger partial charge in [-0.05, 0) is 53.5 Å². The molecule has 1 aromatic heterocycles. The molecule has 0 amide bonds. The molecule has 0 aliphatic heterocycles. The highest BCUT2D eigenvalue weighted by Crippen LogP contribution is 2.34. The molecule has 5 heteroatoms. The number of nitrogens with zero attached hydrogens (tertiary/aromatic N) is 1. The molecular formula is C12H13BrN2OS. The molecular weight excluding hydrogens is 300 g/mol. The van der Waals surface area contributed by atoms with Crippen LogP contribution in [0, 0.1) is 0 Å². The highest BCUT2D eigenvalue weighted by molar-refractivity contribution is 9.10. The maximum Gasteiger partial charge on any atom is 0.180 e. The number of anilines is 1. The highest BCUT2D eigenvalue weighted by atomic mass is 79.9. The van der Waals surface area contributed by atoms with E-state index in [1.807, 2.05) is 32.0 Å². The Morgan fingerprint density at radius 2 is 2.18 bits per heavy atom. The fourth-order valence-corrected chi connectivity index (χ4v) is 2.58. The maximum absolute atomic E-state index is 5.66. The second-order valence-corrected chi connectivity index (χ2v) is 5.79. The lowest BCUT2D eigenvalue weighted by Gasteiger charge is -2.11. The molecule has 2 aromatic rings. The van der Waals surface area contributed by atoms with E-state index in [0.29, 0.717) is 5.13 Å². The van der Waals surface area contributed by atoms with Gasteiger partial charge in [-0.2, -0.15) is 0 Å². The fourth-order valence-electron chi connectivity index (χ4n) is 1.42. The predicted octanol–water partition coefficient (Wildman–Crippen LogP) is 3.94. The van der Waals surface area contributed by atoms with Crippen molar-refractivity contribution in [2.24, 2.45) is 0 Å². The monoisotopic (exact) mass is 312 g/mol. The molecule has 0 radical (unpaired) electrons. The number of benzene rings is 1. The predicted molar refractivity (Wildman–Crippen MR) is 75.4 cm³/mol. The average Bonchev–Trinajstić information content (AvgIpc) is 2.67. The number of nitrogens with two attached hydrogens (primary N) is 1. The smallest absolute Gasteiger partial charge is 0.180 e. The first-order valence-corrected chi connectivity index (χ1v) is 6.85. The number of aromatic nitrogens is 1. The molecule has 0 saturated carbocycles. The van der Waals surface area contributed by atoms with Crippen LogP contribution in [0.5, 0.6) is 5.75 Å². The molecule has 0 fully saturated rings. The third-order valence-corrected chi connectivity index (χ3v) is 3.60.